The van der Waals surface area contributed by atoms with Gasteiger partial charge in [-0.15, -0.1) is 0 Å². The molecule has 0 bridgehead atoms. The van der Waals surface area contributed by atoms with Crippen LogP contribution in [0.2, 0.25) is 0 Å². The van der Waals surface area contributed by atoms with Crippen LogP contribution in [0.1, 0.15) is 40.0 Å². The maximum Gasteiger partial charge on any atom is 0.129 e. The normalized spacial score (nSPS) is 29.4. The molecule has 2 unspecified atom stereocenters. The zero-order chi connectivity index (χ0) is 10.4. The molecule has 0 spiro atoms. The van der Waals surface area contributed by atoms with E-state index in [0.29, 0.717) is 19.1 Å². The van der Waals surface area contributed by atoms with Crippen molar-refractivity contribution in [3.8, 4) is 0 Å². The van der Waals surface area contributed by atoms with Crippen molar-refractivity contribution in [2.24, 2.45) is 5.92 Å². The van der Waals surface area contributed by atoms with E-state index in [0.717, 1.165) is 25.9 Å². The Kier molecular flexibility index (Phi) is 4.85. The Balaban J connectivity index is 2.21. The zero-order valence-corrected chi connectivity index (χ0v) is 9.54. The van der Waals surface area contributed by atoms with Crippen LogP contribution in [0.25, 0.3) is 0 Å². The number of hydrogen-bond donors (Lipinski definition) is 0. The molecule has 1 saturated heterocycles. The molecule has 0 amide bonds. The Morgan fingerprint density at radius 1 is 1.43 bits per heavy atom. The van der Waals surface area contributed by atoms with Crippen LogP contribution in [0.15, 0.2) is 0 Å². The molecule has 0 aromatic carbocycles. The molecule has 1 aliphatic rings. The van der Waals surface area contributed by atoms with Gasteiger partial charge < -0.3 is 4.74 Å². The van der Waals surface area contributed by atoms with Gasteiger partial charge in [0.2, 0.25) is 0 Å². The molecule has 1 fully saturated rings. The molecule has 0 aromatic rings. The van der Waals surface area contributed by atoms with Gasteiger partial charge >= 0.3 is 0 Å². The van der Waals surface area contributed by atoms with Gasteiger partial charge in [0.1, 0.15) is 5.60 Å². The van der Waals surface area contributed by atoms with Gasteiger partial charge in [0.25, 0.3) is 0 Å². The van der Waals surface area contributed by atoms with Gasteiger partial charge in [-0.3, -0.25) is 0 Å². The van der Waals surface area contributed by atoms with Gasteiger partial charge in [-0.1, -0.05) is 27.2 Å². The molecular weight excluding hydrogens is 180 g/mol. The molecule has 0 aliphatic carbocycles. The summed E-state index contributed by atoms with van der Waals surface area (Å²) in [6.45, 7) is 8.57. The summed E-state index contributed by atoms with van der Waals surface area (Å²) in [7, 11) is 0. The largest absolute Gasteiger partial charge is 0.378 e. The van der Waals surface area contributed by atoms with E-state index in [4.69, 9.17) is 14.5 Å². The molecule has 84 valence electrons. The smallest absolute Gasteiger partial charge is 0.129 e. The van der Waals surface area contributed by atoms with Gasteiger partial charge in [0.05, 0.1) is 13.2 Å². The molecule has 1 aliphatic heterocycles. The summed E-state index contributed by atoms with van der Waals surface area (Å²) in [5, 5.41) is 0. The molecule has 2 atom stereocenters. The van der Waals surface area contributed by atoms with Crippen molar-refractivity contribution in [1.82, 2.24) is 0 Å². The van der Waals surface area contributed by atoms with Crippen molar-refractivity contribution in [2.45, 2.75) is 45.6 Å². The van der Waals surface area contributed by atoms with Crippen LogP contribution < -0.4 is 0 Å². The quantitative estimate of drug-likeness (QED) is 0.489. The van der Waals surface area contributed by atoms with Gasteiger partial charge in [-0.25, -0.2) is 9.78 Å². The fourth-order valence-electron chi connectivity index (χ4n) is 1.39. The highest BCUT2D eigenvalue weighted by Crippen LogP contribution is 2.27. The minimum Gasteiger partial charge on any atom is -0.378 e. The standard InChI is InChI=1S/C11H22O3/c1-4-10(3)8-13-14-11(5-2)6-7-12-9-11/h10H,4-9H2,1-3H3. The van der Waals surface area contributed by atoms with Crippen LogP contribution in [0.3, 0.4) is 0 Å². The van der Waals surface area contributed by atoms with Crippen molar-refractivity contribution in [2.75, 3.05) is 19.8 Å². The molecule has 0 radical (unpaired) electrons. The first kappa shape index (κ1) is 12.0. The van der Waals surface area contributed by atoms with Gasteiger partial charge in [-0.2, -0.15) is 0 Å². The molecule has 1 heterocycles. The lowest BCUT2D eigenvalue weighted by Crippen LogP contribution is -2.32. The summed E-state index contributed by atoms with van der Waals surface area (Å²) in [6.07, 6.45) is 3.02. The van der Waals surface area contributed by atoms with Crippen LogP contribution >= 0.6 is 0 Å². The molecular formula is C11H22O3. The Morgan fingerprint density at radius 3 is 2.71 bits per heavy atom. The van der Waals surface area contributed by atoms with Crippen LogP contribution in [-0.2, 0) is 14.5 Å². The highest BCUT2D eigenvalue weighted by Gasteiger charge is 2.35. The lowest BCUT2D eigenvalue weighted by Gasteiger charge is -2.24. The number of ether oxygens (including phenoxy) is 1. The average molecular weight is 202 g/mol. The van der Waals surface area contributed by atoms with Crippen molar-refractivity contribution >= 4 is 0 Å². The van der Waals surface area contributed by atoms with Crippen molar-refractivity contribution in [1.29, 1.82) is 0 Å². The maximum atomic E-state index is 5.49. The summed E-state index contributed by atoms with van der Waals surface area (Å²) in [5.74, 6) is 0.561. The Bertz CT molecular complexity index is 153. The van der Waals surface area contributed by atoms with Crippen molar-refractivity contribution in [3.05, 3.63) is 0 Å². The predicted octanol–water partition coefficient (Wildman–Crippen LogP) is 2.55. The Labute approximate surface area is 86.7 Å². The fraction of sp³-hybridized carbons (Fsp3) is 1.00. The zero-order valence-electron chi connectivity index (χ0n) is 9.54. The predicted molar refractivity (Wildman–Crippen MR) is 55.0 cm³/mol. The van der Waals surface area contributed by atoms with Crippen LogP contribution in [-0.4, -0.2) is 25.4 Å². The second kappa shape index (κ2) is 5.69. The minimum absolute atomic E-state index is 0.173. The second-order valence-electron chi connectivity index (χ2n) is 4.22. The molecule has 0 N–H and O–H groups in total. The van der Waals surface area contributed by atoms with Gasteiger partial charge in [0, 0.05) is 13.0 Å². The van der Waals surface area contributed by atoms with E-state index in [9.17, 15) is 0 Å². The summed E-state index contributed by atoms with van der Waals surface area (Å²) < 4.78 is 5.33. The van der Waals surface area contributed by atoms with E-state index < -0.39 is 0 Å². The SMILES string of the molecule is CCC(C)COOC1(CC)CCOC1. The maximum absolute atomic E-state index is 5.49. The topological polar surface area (TPSA) is 27.7 Å². The van der Waals surface area contributed by atoms with Crippen LogP contribution in [0.4, 0.5) is 0 Å². The first-order valence-corrected chi connectivity index (χ1v) is 5.61. The Morgan fingerprint density at radius 2 is 2.21 bits per heavy atom. The molecule has 3 heteroatoms. The lowest BCUT2D eigenvalue weighted by molar-refractivity contribution is -0.365. The molecule has 14 heavy (non-hydrogen) atoms. The van der Waals surface area contributed by atoms with Crippen LogP contribution in [0.5, 0.6) is 0 Å². The third-order valence-electron chi connectivity index (χ3n) is 3.00. The van der Waals surface area contributed by atoms with E-state index in [2.05, 4.69) is 20.8 Å². The van der Waals surface area contributed by atoms with E-state index >= 15 is 0 Å². The summed E-state index contributed by atoms with van der Waals surface area (Å²) in [6, 6.07) is 0. The monoisotopic (exact) mass is 202 g/mol. The molecule has 0 aromatic heterocycles. The van der Waals surface area contributed by atoms with Crippen molar-refractivity contribution < 1.29 is 14.5 Å². The van der Waals surface area contributed by atoms with Gasteiger partial charge in [0.15, 0.2) is 0 Å². The second-order valence-corrected chi connectivity index (χ2v) is 4.22. The average Bonchev–Trinajstić information content (AvgIpc) is 2.67. The van der Waals surface area contributed by atoms with Crippen LogP contribution in [0, 0.1) is 5.92 Å². The highest BCUT2D eigenvalue weighted by molar-refractivity contribution is 4.81. The third kappa shape index (κ3) is 3.23. The van der Waals surface area contributed by atoms with Gasteiger partial charge in [-0.05, 0) is 12.3 Å². The van der Waals surface area contributed by atoms with E-state index in [1.54, 1.807) is 0 Å². The fourth-order valence-corrected chi connectivity index (χ4v) is 1.39. The third-order valence-corrected chi connectivity index (χ3v) is 3.00. The lowest BCUT2D eigenvalue weighted by atomic mass is 10.0. The minimum atomic E-state index is -0.173. The first-order valence-electron chi connectivity index (χ1n) is 5.61. The summed E-state index contributed by atoms with van der Waals surface area (Å²) in [5.41, 5.74) is -0.173. The molecule has 3 nitrogen and oxygen atoms in total. The van der Waals surface area contributed by atoms with Crippen molar-refractivity contribution in [3.63, 3.8) is 0 Å². The highest BCUT2D eigenvalue weighted by atomic mass is 17.2. The summed E-state index contributed by atoms with van der Waals surface area (Å²) >= 11 is 0. The Hall–Kier alpha value is -0.120. The number of hydrogen-bond acceptors (Lipinski definition) is 3. The summed E-state index contributed by atoms with van der Waals surface area (Å²) in [4.78, 5) is 10.8. The first-order chi connectivity index (χ1) is 6.72. The molecule has 1 rings (SSSR count). The van der Waals surface area contributed by atoms with E-state index in [1.807, 2.05) is 0 Å². The number of rotatable bonds is 6. The molecule has 0 saturated carbocycles. The van der Waals surface area contributed by atoms with E-state index in [1.165, 1.54) is 0 Å². The van der Waals surface area contributed by atoms with E-state index in [-0.39, 0.29) is 5.60 Å².